The van der Waals surface area contributed by atoms with Gasteiger partial charge in [-0.25, -0.2) is 9.07 Å². The van der Waals surface area contributed by atoms with Gasteiger partial charge < -0.3 is 5.11 Å². The van der Waals surface area contributed by atoms with Crippen LogP contribution in [0.1, 0.15) is 49.1 Å². The number of aryl methyl sites for hydroxylation is 2. The van der Waals surface area contributed by atoms with Gasteiger partial charge in [-0.05, 0) is 69.4 Å². The van der Waals surface area contributed by atoms with E-state index in [4.69, 9.17) is 0 Å². The predicted octanol–water partition coefficient (Wildman–Crippen LogP) is 3.51. The van der Waals surface area contributed by atoms with Gasteiger partial charge in [-0.3, -0.25) is 4.90 Å². The van der Waals surface area contributed by atoms with Gasteiger partial charge in [0.1, 0.15) is 5.82 Å². The van der Waals surface area contributed by atoms with E-state index in [2.05, 4.69) is 10.00 Å². The van der Waals surface area contributed by atoms with Crippen LogP contribution in [0.4, 0.5) is 4.39 Å². The van der Waals surface area contributed by atoms with Crippen LogP contribution in [0.5, 0.6) is 0 Å². The third kappa shape index (κ3) is 3.23. The van der Waals surface area contributed by atoms with Crippen LogP contribution in [0, 0.1) is 19.7 Å². The number of aromatic nitrogens is 2. The molecule has 2 fully saturated rings. The summed E-state index contributed by atoms with van der Waals surface area (Å²) in [5.74, 6) is -0.206. The van der Waals surface area contributed by atoms with Crippen molar-refractivity contribution in [3.8, 4) is 5.69 Å². The van der Waals surface area contributed by atoms with Gasteiger partial charge in [-0.1, -0.05) is 6.42 Å². The Kier molecular flexibility index (Phi) is 4.38. The zero-order chi connectivity index (χ0) is 17.6. The SMILES string of the molecule is Cc1cc(C)n(-c2ccc(F)cc2CN2[C@@H]3CCC[C@H]2CC(O)C3)n1. The molecule has 4 nitrogen and oxygen atoms in total. The van der Waals surface area contributed by atoms with Crippen molar-refractivity contribution in [1.29, 1.82) is 0 Å². The van der Waals surface area contributed by atoms with Crippen molar-refractivity contribution in [1.82, 2.24) is 14.7 Å². The molecule has 3 atom stereocenters. The van der Waals surface area contributed by atoms with Gasteiger partial charge in [-0.2, -0.15) is 5.10 Å². The number of hydrogen-bond acceptors (Lipinski definition) is 3. The summed E-state index contributed by atoms with van der Waals surface area (Å²) < 4.78 is 15.9. The highest BCUT2D eigenvalue weighted by molar-refractivity contribution is 5.42. The first-order chi connectivity index (χ1) is 12.0. The number of aliphatic hydroxyl groups is 1. The number of hydrogen-bond donors (Lipinski definition) is 1. The average molecular weight is 343 g/mol. The summed E-state index contributed by atoms with van der Waals surface area (Å²) in [5, 5.41) is 14.7. The van der Waals surface area contributed by atoms with E-state index in [1.54, 1.807) is 6.07 Å². The molecule has 2 aliphatic heterocycles. The van der Waals surface area contributed by atoms with Gasteiger partial charge in [-0.15, -0.1) is 0 Å². The molecule has 134 valence electrons. The van der Waals surface area contributed by atoms with Gasteiger partial charge in [0, 0.05) is 24.3 Å². The molecule has 2 bridgehead atoms. The fourth-order valence-electron chi connectivity index (χ4n) is 4.66. The van der Waals surface area contributed by atoms with Crippen LogP contribution in [0.3, 0.4) is 0 Å². The lowest BCUT2D eigenvalue weighted by Gasteiger charge is -2.48. The molecule has 2 aromatic rings. The van der Waals surface area contributed by atoms with Gasteiger partial charge in [0.25, 0.3) is 0 Å². The van der Waals surface area contributed by atoms with Gasteiger partial charge in [0.2, 0.25) is 0 Å². The molecule has 0 radical (unpaired) electrons. The zero-order valence-electron chi connectivity index (χ0n) is 15.0. The standard InChI is InChI=1S/C20H26FN3O/c1-13-8-14(2)24(22-13)20-7-6-16(21)9-15(20)12-23-17-4-3-5-18(23)11-19(25)10-17/h6-9,17-19,25H,3-5,10-12H2,1-2H3/t17-,18+,19?. The maximum atomic E-state index is 14.0. The number of piperidine rings is 2. The maximum absolute atomic E-state index is 14.0. The summed E-state index contributed by atoms with van der Waals surface area (Å²) in [6.45, 7) is 4.72. The van der Waals surface area contributed by atoms with E-state index in [0.717, 1.165) is 48.3 Å². The Balaban J connectivity index is 1.68. The topological polar surface area (TPSA) is 41.3 Å². The molecule has 0 spiro atoms. The van der Waals surface area contributed by atoms with Crippen molar-refractivity contribution in [2.24, 2.45) is 0 Å². The molecular weight excluding hydrogens is 317 g/mol. The second-order valence-electron chi connectivity index (χ2n) is 7.65. The number of benzene rings is 1. The van der Waals surface area contributed by atoms with Crippen molar-refractivity contribution < 1.29 is 9.50 Å². The maximum Gasteiger partial charge on any atom is 0.123 e. The van der Waals surface area contributed by atoms with E-state index < -0.39 is 0 Å². The number of rotatable bonds is 3. The smallest absolute Gasteiger partial charge is 0.123 e. The zero-order valence-corrected chi connectivity index (χ0v) is 15.0. The highest BCUT2D eigenvalue weighted by atomic mass is 19.1. The molecule has 1 aromatic heterocycles. The Morgan fingerprint density at radius 2 is 1.88 bits per heavy atom. The quantitative estimate of drug-likeness (QED) is 0.927. The Bertz CT molecular complexity index is 758. The summed E-state index contributed by atoms with van der Waals surface area (Å²) in [6.07, 6.45) is 4.96. The molecular formula is C20H26FN3O. The van der Waals surface area contributed by atoms with Crippen LogP contribution in [0.25, 0.3) is 5.69 Å². The lowest BCUT2D eigenvalue weighted by Crippen LogP contribution is -2.52. The number of halogens is 1. The highest BCUT2D eigenvalue weighted by Crippen LogP contribution is 2.36. The fraction of sp³-hybridized carbons (Fsp3) is 0.550. The van der Waals surface area contributed by atoms with E-state index >= 15 is 0 Å². The Labute approximate surface area is 148 Å². The van der Waals surface area contributed by atoms with Crippen molar-refractivity contribution in [2.45, 2.75) is 70.7 Å². The van der Waals surface area contributed by atoms with E-state index in [-0.39, 0.29) is 11.9 Å². The van der Waals surface area contributed by atoms with Crippen molar-refractivity contribution in [3.05, 3.63) is 47.0 Å². The van der Waals surface area contributed by atoms with Crippen molar-refractivity contribution >= 4 is 0 Å². The van der Waals surface area contributed by atoms with Crippen LogP contribution in [-0.2, 0) is 6.54 Å². The molecule has 25 heavy (non-hydrogen) atoms. The summed E-state index contributed by atoms with van der Waals surface area (Å²) >= 11 is 0. The van der Waals surface area contributed by atoms with E-state index in [0.29, 0.717) is 18.6 Å². The van der Waals surface area contributed by atoms with Crippen molar-refractivity contribution in [2.75, 3.05) is 0 Å². The highest BCUT2D eigenvalue weighted by Gasteiger charge is 2.37. The first kappa shape index (κ1) is 16.7. The molecule has 3 heterocycles. The van der Waals surface area contributed by atoms with Gasteiger partial charge in [0.05, 0.1) is 17.5 Å². The van der Waals surface area contributed by atoms with Crippen LogP contribution in [0.2, 0.25) is 0 Å². The molecule has 0 aliphatic carbocycles. The summed E-state index contributed by atoms with van der Waals surface area (Å²) in [6, 6.07) is 7.83. The second-order valence-corrected chi connectivity index (χ2v) is 7.65. The monoisotopic (exact) mass is 343 g/mol. The molecule has 0 saturated carbocycles. The van der Waals surface area contributed by atoms with Gasteiger partial charge in [0.15, 0.2) is 0 Å². The second kappa shape index (κ2) is 6.54. The van der Waals surface area contributed by atoms with Crippen LogP contribution < -0.4 is 0 Å². The first-order valence-corrected chi connectivity index (χ1v) is 9.27. The molecule has 1 N–H and O–H groups in total. The van der Waals surface area contributed by atoms with Gasteiger partial charge >= 0.3 is 0 Å². The summed E-state index contributed by atoms with van der Waals surface area (Å²) in [7, 11) is 0. The Morgan fingerprint density at radius 3 is 2.52 bits per heavy atom. The van der Waals surface area contributed by atoms with Crippen LogP contribution in [0.15, 0.2) is 24.3 Å². The molecule has 5 heteroatoms. The average Bonchev–Trinajstić information content (AvgIpc) is 2.87. The van der Waals surface area contributed by atoms with Crippen LogP contribution in [-0.4, -0.2) is 38.0 Å². The van der Waals surface area contributed by atoms with Crippen LogP contribution >= 0.6 is 0 Å². The molecule has 2 saturated heterocycles. The number of aliphatic hydroxyl groups excluding tert-OH is 1. The molecule has 2 aliphatic rings. The third-order valence-corrected chi connectivity index (χ3v) is 5.73. The number of fused-ring (bicyclic) bond motifs is 2. The summed E-state index contributed by atoms with van der Waals surface area (Å²) in [4.78, 5) is 2.49. The molecule has 1 unspecified atom stereocenters. The van der Waals surface area contributed by atoms with Crippen molar-refractivity contribution in [3.63, 3.8) is 0 Å². The molecule has 4 rings (SSSR count). The van der Waals surface area contributed by atoms with E-state index in [1.807, 2.05) is 30.7 Å². The predicted molar refractivity (Wildman–Crippen MR) is 95.2 cm³/mol. The Hall–Kier alpha value is -1.72. The Morgan fingerprint density at radius 1 is 1.16 bits per heavy atom. The lowest BCUT2D eigenvalue weighted by atomic mass is 9.82. The molecule has 1 aromatic carbocycles. The minimum atomic E-state index is -0.206. The lowest BCUT2D eigenvalue weighted by molar-refractivity contribution is -0.0312. The van der Waals surface area contributed by atoms with E-state index in [1.165, 1.54) is 12.5 Å². The fourth-order valence-corrected chi connectivity index (χ4v) is 4.66. The number of nitrogens with zero attached hydrogens (tertiary/aromatic N) is 3. The largest absolute Gasteiger partial charge is 0.393 e. The van der Waals surface area contributed by atoms with E-state index in [9.17, 15) is 9.50 Å². The molecule has 0 amide bonds. The minimum Gasteiger partial charge on any atom is -0.393 e. The summed E-state index contributed by atoms with van der Waals surface area (Å²) in [5.41, 5.74) is 3.95. The first-order valence-electron chi connectivity index (χ1n) is 9.27. The third-order valence-electron chi connectivity index (χ3n) is 5.73. The minimum absolute atomic E-state index is 0.186. The normalized spacial score (nSPS) is 26.8.